The third kappa shape index (κ3) is 3.67. The van der Waals surface area contributed by atoms with Gasteiger partial charge in [-0.2, -0.15) is 14.5 Å². The Labute approximate surface area is 186 Å². The first kappa shape index (κ1) is 20.7. The van der Waals surface area contributed by atoms with Crippen LogP contribution < -0.4 is 4.74 Å². The van der Waals surface area contributed by atoms with Gasteiger partial charge in [0.15, 0.2) is 0 Å². The minimum absolute atomic E-state index is 0.0780. The molecule has 166 valence electrons. The molecule has 4 aromatic rings. The van der Waals surface area contributed by atoms with Crippen LogP contribution in [-0.2, 0) is 16.6 Å². The number of ether oxygens (including phenoxy) is 1. The second-order valence-corrected chi connectivity index (χ2v) is 10.2. The summed E-state index contributed by atoms with van der Waals surface area (Å²) in [5.74, 6) is 0.717. The summed E-state index contributed by atoms with van der Waals surface area (Å²) in [4.78, 5) is 0.265. The fourth-order valence-corrected chi connectivity index (χ4v) is 6.29. The summed E-state index contributed by atoms with van der Waals surface area (Å²) in [6, 6.07) is 12.8. The van der Waals surface area contributed by atoms with Gasteiger partial charge in [0, 0.05) is 42.3 Å². The topological polar surface area (TPSA) is 93.1 Å². The molecule has 1 fully saturated rings. The average Bonchev–Trinajstić information content (AvgIpc) is 3.54. The van der Waals surface area contributed by atoms with E-state index in [0.717, 1.165) is 28.5 Å². The van der Waals surface area contributed by atoms with Gasteiger partial charge in [0.1, 0.15) is 5.75 Å². The fraction of sp³-hybridized carbons (Fsp3) is 0.304. The minimum atomic E-state index is -3.59. The molecule has 1 aliphatic heterocycles. The lowest BCUT2D eigenvalue weighted by Gasteiger charge is -2.21. The van der Waals surface area contributed by atoms with Crippen molar-refractivity contribution >= 4 is 20.9 Å². The highest BCUT2D eigenvalue weighted by Gasteiger charge is 2.38. The Bertz CT molecular complexity index is 1350. The van der Waals surface area contributed by atoms with Crippen LogP contribution in [0.5, 0.6) is 5.75 Å². The summed E-state index contributed by atoms with van der Waals surface area (Å²) in [6.45, 7) is 3.11. The third-order valence-electron chi connectivity index (χ3n) is 6.16. The highest BCUT2D eigenvalue weighted by Crippen LogP contribution is 2.32. The Morgan fingerprint density at radius 3 is 2.81 bits per heavy atom. The van der Waals surface area contributed by atoms with Gasteiger partial charge in [-0.1, -0.05) is 12.1 Å². The van der Waals surface area contributed by atoms with Gasteiger partial charge in [0.2, 0.25) is 10.0 Å². The van der Waals surface area contributed by atoms with Gasteiger partial charge in [-0.15, -0.1) is 0 Å². The molecule has 0 saturated carbocycles. The predicted molar refractivity (Wildman–Crippen MR) is 122 cm³/mol. The number of nitrogens with zero attached hydrogens (tertiary/aromatic N) is 4. The molecule has 1 saturated heterocycles. The number of benzene rings is 2. The van der Waals surface area contributed by atoms with E-state index in [1.807, 2.05) is 24.0 Å². The largest absolute Gasteiger partial charge is 0.497 e. The Morgan fingerprint density at radius 2 is 2.03 bits per heavy atom. The van der Waals surface area contributed by atoms with Crippen LogP contribution in [0.4, 0.5) is 0 Å². The number of sulfonamides is 1. The zero-order chi connectivity index (χ0) is 22.3. The van der Waals surface area contributed by atoms with Crippen LogP contribution in [-0.4, -0.2) is 52.4 Å². The second kappa shape index (κ2) is 8.07. The van der Waals surface area contributed by atoms with Gasteiger partial charge < -0.3 is 4.74 Å². The maximum atomic E-state index is 13.3. The number of fused-ring (bicyclic) bond motifs is 1. The smallest absolute Gasteiger partial charge is 0.243 e. The molecule has 2 aromatic heterocycles. The van der Waals surface area contributed by atoms with Gasteiger partial charge >= 0.3 is 0 Å². The molecule has 8 nitrogen and oxygen atoms in total. The standard InChI is InChI=1S/C23H25N5O3S/c1-16-8-17(15-28(16)32(29,30)22-5-3-4-21(10-22)31-2)14-27-23-7-6-18(9-19(23)13-26-27)20-11-24-25-12-20/h3-7,9-13,16-17H,8,14-15H2,1-2H3,(H,24,25)/t16-,17?/m1/s1. The first-order valence-corrected chi connectivity index (χ1v) is 12.0. The molecule has 2 aromatic carbocycles. The monoisotopic (exact) mass is 451 g/mol. The van der Waals surface area contributed by atoms with Crippen LogP contribution >= 0.6 is 0 Å². The molecule has 9 heteroatoms. The van der Waals surface area contributed by atoms with Crippen molar-refractivity contribution in [2.45, 2.75) is 30.8 Å². The second-order valence-electron chi connectivity index (χ2n) is 8.29. The molecule has 0 aliphatic carbocycles. The highest BCUT2D eigenvalue weighted by molar-refractivity contribution is 7.89. The SMILES string of the molecule is COc1cccc(S(=O)(=O)N2CC(Cn3ncc4cc(-c5cn[nH]c5)ccc43)C[C@H]2C)c1. The summed E-state index contributed by atoms with van der Waals surface area (Å²) in [7, 11) is -2.06. The van der Waals surface area contributed by atoms with Crippen LogP contribution in [0.2, 0.25) is 0 Å². The Hall–Kier alpha value is -3.17. The number of hydrogen-bond acceptors (Lipinski definition) is 5. The molecular formula is C23H25N5O3S. The van der Waals surface area contributed by atoms with Crippen molar-refractivity contribution in [3.63, 3.8) is 0 Å². The van der Waals surface area contributed by atoms with E-state index in [2.05, 4.69) is 33.5 Å². The molecule has 5 rings (SSSR count). The number of H-pyrrole nitrogens is 1. The summed E-state index contributed by atoms with van der Waals surface area (Å²) in [5, 5.41) is 12.5. The van der Waals surface area contributed by atoms with Crippen molar-refractivity contribution in [2.24, 2.45) is 5.92 Å². The zero-order valence-corrected chi connectivity index (χ0v) is 18.8. The highest BCUT2D eigenvalue weighted by atomic mass is 32.2. The predicted octanol–water partition coefficient (Wildman–Crippen LogP) is 3.53. The van der Waals surface area contributed by atoms with Crippen LogP contribution in [0.3, 0.4) is 0 Å². The Kier molecular flexibility index (Phi) is 5.22. The van der Waals surface area contributed by atoms with E-state index in [4.69, 9.17) is 4.74 Å². The molecule has 0 radical (unpaired) electrons. The number of rotatable bonds is 6. The van der Waals surface area contributed by atoms with Gasteiger partial charge in [-0.3, -0.25) is 9.78 Å². The molecule has 3 heterocycles. The number of nitrogens with one attached hydrogen (secondary N) is 1. The van der Waals surface area contributed by atoms with Crippen molar-refractivity contribution < 1.29 is 13.2 Å². The van der Waals surface area contributed by atoms with Crippen molar-refractivity contribution in [2.75, 3.05) is 13.7 Å². The third-order valence-corrected chi connectivity index (χ3v) is 8.13. The van der Waals surface area contributed by atoms with Gasteiger partial charge in [-0.05, 0) is 49.1 Å². The number of aromatic amines is 1. The molecule has 1 unspecified atom stereocenters. The lowest BCUT2D eigenvalue weighted by molar-refractivity contribution is 0.394. The van der Waals surface area contributed by atoms with E-state index in [-0.39, 0.29) is 16.9 Å². The summed E-state index contributed by atoms with van der Waals surface area (Å²) >= 11 is 0. The molecule has 0 spiro atoms. The van der Waals surface area contributed by atoms with Crippen LogP contribution in [0.1, 0.15) is 13.3 Å². The van der Waals surface area contributed by atoms with E-state index in [1.54, 1.807) is 34.8 Å². The van der Waals surface area contributed by atoms with E-state index in [0.29, 0.717) is 18.8 Å². The van der Waals surface area contributed by atoms with E-state index in [1.165, 1.54) is 7.11 Å². The minimum Gasteiger partial charge on any atom is -0.497 e. The van der Waals surface area contributed by atoms with Gasteiger partial charge in [0.25, 0.3) is 0 Å². The fourth-order valence-electron chi connectivity index (χ4n) is 4.54. The molecule has 0 bridgehead atoms. The first-order valence-electron chi connectivity index (χ1n) is 10.6. The maximum Gasteiger partial charge on any atom is 0.243 e. The number of aromatic nitrogens is 4. The zero-order valence-electron chi connectivity index (χ0n) is 18.0. The van der Waals surface area contributed by atoms with Gasteiger partial charge in [0.05, 0.1) is 29.9 Å². The Balaban J connectivity index is 1.35. The van der Waals surface area contributed by atoms with E-state index < -0.39 is 10.0 Å². The molecule has 32 heavy (non-hydrogen) atoms. The van der Waals surface area contributed by atoms with E-state index in [9.17, 15) is 8.42 Å². The summed E-state index contributed by atoms with van der Waals surface area (Å²) in [6.07, 6.45) is 6.31. The quantitative estimate of drug-likeness (QED) is 0.484. The van der Waals surface area contributed by atoms with Crippen LogP contribution in [0.25, 0.3) is 22.0 Å². The molecular weight excluding hydrogens is 426 g/mol. The summed E-state index contributed by atoms with van der Waals surface area (Å²) in [5.41, 5.74) is 3.15. The Morgan fingerprint density at radius 1 is 1.16 bits per heavy atom. The normalized spacial score (nSPS) is 19.6. The van der Waals surface area contributed by atoms with Crippen molar-refractivity contribution in [1.29, 1.82) is 0 Å². The van der Waals surface area contributed by atoms with Crippen LogP contribution in [0, 0.1) is 5.92 Å². The first-order chi connectivity index (χ1) is 15.5. The van der Waals surface area contributed by atoms with E-state index >= 15 is 0 Å². The van der Waals surface area contributed by atoms with Crippen molar-refractivity contribution in [3.05, 3.63) is 61.1 Å². The van der Waals surface area contributed by atoms with Crippen molar-refractivity contribution in [1.82, 2.24) is 24.3 Å². The molecule has 1 aliphatic rings. The molecule has 1 N–H and O–H groups in total. The lowest BCUT2D eigenvalue weighted by Crippen LogP contribution is -2.34. The summed E-state index contributed by atoms with van der Waals surface area (Å²) < 4.78 is 35.3. The lowest BCUT2D eigenvalue weighted by atomic mass is 10.1. The molecule has 0 amide bonds. The maximum absolute atomic E-state index is 13.3. The average molecular weight is 452 g/mol. The molecule has 2 atom stereocenters. The van der Waals surface area contributed by atoms with Gasteiger partial charge in [-0.25, -0.2) is 8.42 Å². The van der Waals surface area contributed by atoms with Crippen molar-refractivity contribution in [3.8, 4) is 16.9 Å². The van der Waals surface area contributed by atoms with Crippen LogP contribution in [0.15, 0.2) is 66.0 Å². The number of methoxy groups -OCH3 is 1. The number of hydrogen-bond donors (Lipinski definition) is 1.